The fourth-order valence-corrected chi connectivity index (χ4v) is 3.38. The first kappa shape index (κ1) is 9.51. The molecule has 0 N–H and O–H groups in total. The molecular weight excluding hydrogens is 158 g/mol. The zero-order valence-electron chi connectivity index (χ0n) is 9.29. The van der Waals surface area contributed by atoms with Crippen molar-refractivity contribution in [1.29, 1.82) is 0 Å². The molecule has 0 unspecified atom stereocenters. The second kappa shape index (κ2) is 3.61. The Morgan fingerprint density at radius 3 is 2.15 bits per heavy atom. The molecule has 0 radical (unpaired) electrons. The molecule has 0 aliphatic carbocycles. The van der Waals surface area contributed by atoms with Gasteiger partial charge >= 0.3 is 0 Å². The van der Waals surface area contributed by atoms with E-state index in [-0.39, 0.29) is 0 Å². The lowest BCUT2D eigenvalue weighted by Crippen LogP contribution is -2.40. The smallest absolute Gasteiger partial charge is 0.00983 e. The third-order valence-electron chi connectivity index (χ3n) is 4.00. The Balaban J connectivity index is 1.91. The van der Waals surface area contributed by atoms with Crippen LogP contribution in [-0.2, 0) is 0 Å². The first-order valence-corrected chi connectivity index (χ1v) is 5.88. The lowest BCUT2D eigenvalue weighted by atomic mass is 9.85. The van der Waals surface area contributed by atoms with E-state index in [1.807, 2.05) is 0 Å². The van der Waals surface area contributed by atoms with Crippen molar-refractivity contribution in [3.8, 4) is 0 Å². The molecule has 3 atom stereocenters. The maximum absolute atomic E-state index is 2.64. The van der Waals surface area contributed by atoms with Crippen LogP contribution in [0, 0.1) is 11.8 Å². The van der Waals surface area contributed by atoms with Crippen LogP contribution in [0.25, 0.3) is 0 Å². The minimum atomic E-state index is 0.896. The average Bonchev–Trinajstić information content (AvgIpc) is 2.33. The van der Waals surface area contributed by atoms with Crippen LogP contribution in [0.3, 0.4) is 0 Å². The summed E-state index contributed by atoms with van der Waals surface area (Å²) in [5.41, 5.74) is 0. The second-order valence-corrected chi connectivity index (χ2v) is 5.52. The molecular formula is C12H23N. The minimum absolute atomic E-state index is 0.896. The fourth-order valence-electron chi connectivity index (χ4n) is 3.38. The third kappa shape index (κ3) is 1.90. The molecule has 2 rings (SSSR count). The van der Waals surface area contributed by atoms with Gasteiger partial charge in [-0.1, -0.05) is 13.8 Å². The van der Waals surface area contributed by atoms with Gasteiger partial charge in [-0.3, -0.25) is 0 Å². The molecule has 0 amide bonds. The normalized spacial score (nSPS) is 40.2. The van der Waals surface area contributed by atoms with E-state index in [0.29, 0.717) is 0 Å². The summed E-state index contributed by atoms with van der Waals surface area (Å²) in [5, 5.41) is 0. The van der Waals surface area contributed by atoms with Gasteiger partial charge in [-0.05, 0) is 51.0 Å². The van der Waals surface area contributed by atoms with E-state index in [1.165, 1.54) is 32.1 Å². The summed E-state index contributed by atoms with van der Waals surface area (Å²) in [6, 6.07) is 1.87. The number of fused-ring (bicyclic) bond motifs is 2. The summed E-state index contributed by atoms with van der Waals surface area (Å²) in [5.74, 6) is 1.93. The van der Waals surface area contributed by atoms with Crippen LogP contribution in [0.5, 0.6) is 0 Å². The van der Waals surface area contributed by atoms with Crippen molar-refractivity contribution in [1.82, 2.24) is 4.90 Å². The highest BCUT2D eigenvalue weighted by Gasteiger charge is 2.38. The third-order valence-corrected chi connectivity index (χ3v) is 4.00. The van der Waals surface area contributed by atoms with Crippen molar-refractivity contribution in [2.75, 3.05) is 7.05 Å². The predicted molar refractivity (Wildman–Crippen MR) is 56.8 cm³/mol. The number of rotatable bonds is 2. The molecule has 13 heavy (non-hydrogen) atoms. The van der Waals surface area contributed by atoms with Gasteiger partial charge in [-0.25, -0.2) is 0 Å². The highest BCUT2D eigenvalue weighted by atomic mass is 15.2. The Bertz CT molecular complexity index is 162. The standard InChI is InChI=1S/C12H23N/c1-9(2)6-10-7-11-4-5-12(8-10)13(11)3/h9-12H,4-8H2,1-3H3/t10-,11-,12+. The molecule has 0 aromatic heterocycles. The van der Waals surface area contributed by atoms with Crippen molar-refractivity contribution >= 4 is 0 Å². The van der Waals surface area contributed by atoms with Crippen LogP contribution in [0.2, 0.25) is 0 Å². The molecule has 2 aliphatic heterocycles. The molecule has 2 saturated heterocycles. The summed E-state index contributed by atoms with van der Waals surface area (Å²) in [6.07, 6.45) is 7.35. The highest BCUT2D eigenvalue weighted by molar-refractivity contribution is 4.93. The zero-order valence-corrected chi connectivity index (χ0v) is 9.29. The Kier molecular flexibility index (Phi) is 2.64. The molecule has 0 spiro atoms. The lowest BCUT2D eigenvalue weighted by Gasteiger charge is -2.37. The predicted octanol–water partition coefficient (Wildman–Crippen LogP) is 2.91. The molecule has 1 heteroatoms. The zero-order chi connectivity index (χ0) is 9.42. The van der Waals surface area contributed by atoms with Crippen molar-refractivity contribution < 1.29 is 0 Å². The average molecular weight is 181 g/mol. The number of hydrogen-bond acceptors (Lipinski definition) is 1. The van der Waals surface area contributed by atoms with Gasteiger partial charge in [0, 0.05) is 12.1 Å². The van der Waals surface area contributed by atoms with E-state index in [2.05, 4.69) is 25.8 Å². The van der Waals surface area contributed by atoms with E-state index >= 15 is 0 Å². The summed E-state index contributed by atoms with van der Waals surface area (Å²) < 4.78 is 0. The molecule has 0 aromatic carbocycles. The summed E-state index contributed by atoms with van der Waals surface area (Å²) in [4.78, 5) is 2.64. The first-order chi connectivity index (χ1) is 6.16. The van der Waals surface area contributed by atoms with Crippen molar-refractivity contribution in [3.63, 3.8) is 0 Å². The lowest BCUT2D eigenvalue weighted by molar-refractivity contribution is 0.123. The Morgan fingerprint density at radius 1 is 1.15 bits per heavy atom. The fraction of sp³-hybridized carbons (Fsp3) is 1.00. The van der Waals surface area contributed by atoms with Crippen molar-refractivity contribution in [2.45, 2.75) is 58.0 Å². The van der Waals surface area contributed by atoms with Crippen LogP contribution in [0.1, 0.15) is 46.0 Å². The monoisotopic (exact) mass is 181 g/mol. The maximum atomic E-state index is 2.64. The van der Waals surface area contributed by atoms with Gasteiger partial charge in [-0.2, -0.15) is 0 Å². The SMILES string of the molecule is CC(C)C[C@@H]1C[C@H]2CC[C@@H](C1)N2C. The summed E-state index contributed by atoms with van der Waals surface area (Å²) >= 11 is 0. The van der Waals surface area contributed by atoms with E-state index in [1.54, 1.807) is 0 Å². The van der Waals surface area contributed by atoms with Crippen molar-refractivity contribution in [3.05, 3.63) is 0 Å². The minimum Gasteiger partial charge on any atom is -0.300 e. The Morgan fingerprint density at radius 2 is 1.69 bits per heavy atom. The molecule has 0 aromatic rings. The molecule has 0 saturated carbocycles. The van der Waals surface area contributed by atoms with E-state index in [4.69, 9.17) is 0 Å². The molecule has 2 bridgehead atoms. The van der Waals surface area contributed by atoms with Crippen LogP contribution in [-0.4, -0.2) is 24.0 Å². The topological polar surface area (TPSA) is 3.24 Å². The van der Waals surface area contributed by atoms with E-state index < -0.39 is 0 Å². The Labute approximate surface area is 82.5 Å². The molecule has 2 heterocycles. The molecule has 2 fully saturated rings. The largest absolute Gasteiger partial charge is 0.300 e. The van der Waals surface area contributed by atoms with Crippen LogP contribution in [0.15, 0.2) is 0 Å². The highest BCUT2D eigenvalue weighted by Crippen LogP contribution is 2.39. The van der Waals surface area contributed by atoms with Gasteiger partial charge in [0.05, 0.1) is 0 Å². The van der Waals surface area contributed by atoms with Gasteiger partial charge in [0.1, 0.15) is 0 Å². The van der Waals surface area contributed by atoms with Crippen LogP contribution in [0.4, 0.5) is 0 Å². The molecule has 76 valence electrons. The number of piperidine rings is 1. The van der Waals surface area contributed by atoms with E-state index in [0.717, 1.165) is 23.9 Å². The van der Waals surface area contributed by atoms with Crippen LogP contribution >= 0.6 is 0 Å². The maximum Gasteiger partial charge on any atom is 0.00983 e. The van der Waals surface area contributed by atoms with E-state index in [9.17, 15) is 0 Å². The number of hydrogen-bond donors (Lipinski definition) is 0. The summed E-state index contributed by atoms with van der Waals surface area (Å²) in [7, 11) is 2.33. The Hall–Kier alpha value is -0.0400. The van der Waals surface area contributed by atoms with Gasteiger partial charge in [0.25, 0.3) is 0 Å². The van der Waals surface area contributed by atoms with Gasteiger partial charge in [0.2, 0.25) is 0 Å². The molecule has 1 nitrogen and oxygen atoms in total. The number of nitrogens with zero attached hydrogens (tertiary/aromatic N) is 1. The van der Waals surface area contributed by atoms with Crippen LogP contribution < -0.4 is 0 Å². The quantitative estimate of drug-likeness (QED) is 0.633. The first-order valence-electron chi connectivity index (χ1n) is 5.88. The van der Waals surface area contributed by atoms with Gasteiger partial charge in [0.15, 0.2) is 0 Å². The summed E-state index contributed by atoms with van der Waals surface area (Å²) in [6.45, 7) is 4.72. The van der Waals surface area contributed by atoms with Gasteiger partial charge < -0.3 is 4.90 Å². The van der Waals surface area contributed by atoms with Crippen molar-refractivity contribution in [2.24, 2.45) is 11.8 Å². The second-order valence-electron chi connectivity index (χ2n) is 5.52. The molecule has 2 aliphatic rings. The van der Waals surface area contributed by atoms with Gasteiger partial charge in [-0.15, -0.1) is 0 Å².